The van der Waals surface area contributed by atoms with Gasteiger partial charge in [0.05, 0.1) is 12.0 Å². The standard InChI is InChI=1S/C11H12N2O6/c1-6(11(15)16)12-10(14)9-7(13(17)18)4-3-5-8(9)19-2/h3-6H,1-2H3,(H,12,14)(H,15,16)/t6-/m0/s1. The summed E-state index contributed by atoms with van der Waals surface area (Å²) >= 11 is 0. The van der Waals surface area contributed by atoms with E-state index in [1.54, 1.807) is 0 Å². The molecule has 0 heterocycles. The Morgan fingerprint density at radius 1 is 1.47 bits per heavy atom. The van der Waals surface area contributed by atoms with Crippen molar-refractivity contribution < 1.29 is 24.4 Å². The maximum atomic E-state index is 11.9. The molecule has 1 rings (SSSR count). The van der Waals surface area contributed by atoms with Gasteiger partial charge >= 0.3 is 5.97 Å². The summed E-state index contributed by atoms with van der Waals surface area (Å²) in [6.45, 7) is 1.25. The van der Waals surface area contributed by atoms with E-state index in [2.05, 4.69) is 5.32 Å². The molecule has 0 aliphatic rings. The van der Waals surface area contributed by atoms with Crippen molar-refractivity contribution in [3.8, 4) is 5.75 Å². The monoisotopic (exact) mass is 268 g/mol. The average molecular weight is 268 g/mol. The molecule has 0 aromatic heterocycles. The molecule has 0 spiro atoms. The highest BCUT2D eigenvalue weighted by Gasteiger charge is 2.26. The number of nitro benzene ring substituents is 1. The van der Waals surface area contributed by atoms with E-state index >= 15 is 0 Å². The predicted molar refractivity (Wildman–Crippen MR) is 64.2 cm³/mol. The number of benzene rings is 1. The lowest BCUT2D eigenvalue weighted by Crippen LogP contribution is -2.38. The minimum atomic E-state index is -1.24. The largest absolute Gasteiger partial charge is 0.496 e. The molecule has 0 fully saturated rings. The minimum absolute atomic E-state index is 0.00397. The molecule has 1 amide bonds. The molecule has 8 heteroatoms. The zero-order valence-corrected chi connectivity index (χ0v) is 10.2. The average Bonchev–Trinajstić information content (AvgIpc) is 2.37. The number of methoxy groups -OCH3 is 1. The second-order valence-corrected chi connectivity index (χ2v) is 3.64. The van der Waals surface area contributed by atoms with Gasteiger partial charge in [0.2, 0.25) is 0 Å². The number of hydrogen-bond donors (Lipinski definition) is 2. The van der Waals surface area contributed by atoms with Gasteiger partial charge in [-0.2, -0.15) is 0 Å². The Labute approximate surface area is 108 Å². The fourth-order valence-electron chi connectivity index (χ4n) is 1.40. The molecule has 102 valence electrons. The van der Waals surface area contributed by atoms with Crippen LogP contribution >= 0.6 is 0 Å². The molecule has 0 saturated heterocycles. The molecule has 8 nitrogen and oxygen atoms in total. The first kappa shape index (κ1) is 14.4. The van der Waals surface area contributed by atoms with Crippen LogP contribution in [0.1, 0.15) is 17.3 Å². The summed E-state index contributed by atoms with van der Waals surface area (Å²) in [5.41, 5.74) is -0.752. The van der Waals surface area contributed by atoms with Gasteiger partial charge in [0.25, 0.3) is 11.6 Å². The second-order valence-electron chi connectivity index (χ2n) is 3.64. The molecule has 19 heavy (non-hydrogen) atoms. The Balaban J connectivity index is 3.20. The number of carbonyl (C=O) groups excluding carboxylic acids is 1. The molecule has 0 radical (unpaired) electrons. The van der Waals surface area contributed by atoms with Crippen LogP contribution in [0.5, 0.6) is 5.75 Å². The van der Waals surface area contributed by atoms with Crippen molar-refractivity contribution in [1.82, 2.24) is 5.32 Å². The summed E-state index contributed by atoms with van der Waals surface area (Å²) in [7, 11) is 1.26. The van der Waals surface area contributed by atoms with Crippen LogP contribution in [0.15, 0.2) is 18.2 Å². The van der Waals surface area contributed by atoms with Gasteiger partial charge in [-0.1, -0.05) is 6.07 Å². The molecule has 0 bridgehead atoms. The number of rotatable bonds is 5. The number of ether oxygens (including phenoxy) is 1. The topological polar surface area (TPSA) is 119 Å². The molecular formula is C11H12N2O6. The number of carboxylic acid groups (broad SMARTS) is 1. The summed E-state index contributed by atoms with van der Waals surface area (Å²) in [4.78, 5) is 32.7. The van der Waals surface area contributed by atoms with Crippen LogP contribution in [0, 0.1) is 10.1 Å². The molecule has 1 aromatic carbocycles. The quantitative estimate of drug-likeness (QED) is 0.602. The lowest BCUT2D eigenvalue weighted by atomic mass is 10.1. The Kier molecular flexibility index (Phi) is 4.41. The van der Waals surface area contributed by atoms with Gasteiger partial charge in [0, 0.05) is 6.07 Å². The first-order valence-electron chi connectivity index (χ1n) is 5.23. The van der Waals surface area contributed by atoms with Crippen LogP contribution in [-0.4, -0.2) is 35.1 Å². The van der Waals surface area contributed by atoms with Crippen molar-refractivity contribution in [1.29, 1.82) is 0 Å². The number of hydrogen-bond acceptors (Lipinski definition) is 5. The van der Waals surface area contributed by atoms with E-state index < -0.39 is 28.5 Å². The first-order chi connectivity index (χ1) is 8.88. The van der Waals surface area contributed by atoms with E-state index in [1.807, 2.05) is 0 Å². The van der Waals surface area contributed by atoms with Gasteiger partial charge in [-0.15, -0.1) is 0 Å². The van der Waals surface area contributed by atoms with Crippen LogP contribution < -0.4 is 10.1 Å². The molecular weight excluding hydrogens is 256 g/mol. The highest BCUT2D eigenvalue weighted by atomic mass is 16.6. The number of aliphatic carboxylic acids is 1. The van der Waals surface area contributed by atoms with Crippen LogP contribution in [0.4, 0.5) is 5.69 Å². The van der Waals surface area contributed by atoms with Gasteiger partial charge < -0.3 is 15.2 Å². The van der Waals surface area contributed by atoms with Crippen molar-refractivity contribution in [2.45, 2.75) is 13.0 Å². The van der Waals surface area contributed by atoms with Gasteiger partial charge in [0.1, 0.15) is 11.8 Å². The third-order valence-electron chi connectivity index (χ3n) is 2.37. The van der Waals surface area contributed by atoms with Crippen LogP contribution in [-0.2, 0) is 4.79 Å². The van der Waals surface area contributed by atoms with E-state index in [1.165, 1.54) is 26.2 Å². The summed E-state index contributed by atoms with van der Waals surface area (Å²) in [6, 6.07) is 2.72. The van der Waals surface area contributed by atoms with Gasteiger partial charge in [-0.3, -0.25) is 19.7 Å². The molecule has 0 aliphatic carbocycles. The molecule has 1 aromatic rings. The van der Waals surface area contributed by atoms with Gasteiger partial charge in [0.15, 0.2) is 5.56 Å². The fourth-order valence-corrected chi connectivity index (χ4v) is 1.40. The smallest absolute Gasteiger partial charge is 0.325 e. The Bertz CT molecular complexity index is 528. The van der Waals surface area contributed by atoms with Crippen molar-refractivity contribution in [3.05, 3.63) is 33.9 Å². The third-order valence-corrected chi connectivity index (χ3v) is 2.37. The van der Waals surface area contributed by atoms with Gasteiger partial charge in [-0.25, -0.2) is 0 Å². The second kappa shape index (κ2) is 5.80. The lowest BCUT2D eigenvalue weighted by Gasteiger charge is -2.12. The highest BCUT2D eigenvalue weighted by molar-refractivity contribution is 6.02. The zero-order chi connectivity index (χ0) is 14.6. The lowest BCUT2D eigenvalue weighted by molar-refractivity contribution is -0.385. The van der Waals surface area contributed by atoms with Crippen LogP contribution in [0.2, 0.25) is 0 Å². The van der Waals surface area contributed by atoms with Gasteiger partial charge in [-0.05, 0) is 13.0 Å². The van der Waals surface area contributed by atoms with Crippen molar-refractivity contribution >= 4 is 17.6 Å². The molecule has 0 unspecified atom stereocenters. The zero-order valence-electron chi connectivity index (χ0n) is 10.2. The maximum Gasteiger partial charge on any atom is 0.325 e. The Hall–Kier alpha value is -2.64. The molecule has 2 N–H and O–H groups in total. The summed E-state index contributed by atoms with van der Waals surface area (Å²) in [5.74, 6) is -2.12. The minimum Gasteiger partial charge on any atom is -0.496 e. The Morgan fingerprint density at radius 3 is 2.58 bits per heavy atom. The van der Waals surface area contributed by atoms with E-state index in [9.17, 15) is 19.7 Å². The number of carbonyl (C=O) groups is 2. The molecule has 1 atom stereocenters. The van der Waals surface area contributed by atoms with Crippen molar-refractivity contribution in [2.75, 3.05) is 7.11 Å². The number of nitrogens with one attached hydrogen (secondary N) is 1. The SMILES string of the molecule is COc1cccc([N+](=O)[O-])c1C(=O)N[C@@H](C)C(=O)O. The first-order valence-corrected chi connectivity index (χ1v) is 5.23. The predicted octanol–water partition coefficient (Wildman–Crippen LogP) is 0.806. The summed E-state index contributed by atoms with van der Waals surface area (Å²) in [5, 5.41) is 21.7. The molecule has 0 aliphatic heterocycles. The number of nitrogens with zero attached hydrogens (tertiary/aromatic N) is 1. The normalized spacial score (nSPS) is 11.5. The van der Waals surface area contributed by atoms with E-state index in [0.29, 0.717) is 0 Å². The van der Waals surface area contributed by atoms with E-state index in [-0.39, 0.29) is 11.3 Å². The van der Waals surface area contributed by atoms with E-state index in [4.69, 9.17) is 9.84 Å². The fraction of sp³-hybridized carbons (Fsp3) is 0.273. The maximum absolute atomic E-state index is 11.9. The van der Waals surface area contributed by atoms with Crippen LogP contribution in [0.3, 0.4) is 0 Å². The van der Waals surface area contributed by atoms with E-state index in [0.717, 1.165) is 6.07 Å². The molecule has 0 saturated carbocycles. The number of carboxylic acids is 1. The third kappa shape index (κ3) is 3.18. The summed E-state index contributed by atoms with van der Waals surface area (Å²) < 4.78 is 4.89. The Morgan fingerprint density at radius 2 is 2.11 bits per heavy atom. The number of nitro groups is 1. The summed E-state index contributed by atoms with van der Waals surface area (Å²) in [6.07, 6.45) is 0. The number of amides is 1. The highest BCUT2D eigenvalue weighted by Crippen LogP contribution is 2.27. The van der Waals surface area contributed by atoms with Crippen molar-refractivity contribution in [3.63, 3.8) is 0 Å². The van der Waals surface area contributed by atoms with Crippen molar-refractivity contribution in [2.24, 2.45) is 0 Å². The van der Waals surface area contributed by atoms with Crippen LogP contribution in [0.25, 0.3) is 0 Å².